The number of hydroxylamine groups is 2. The average molecular weight is 563 g/mol. The van der Waals surface area contributed by atoms with Gasteiger partial charge in [-0.1, -0.05) is 121 Å². The van der Waals surface area contributed by atoms with Crippen LogP contribution in [0.2, 0.25) is 0 Å². The summed E-state index contributed by atoms with van der Waals surface area (Å²) in [5, 5.41) is 30.8. The van der Waals surface area contributed by atoms with E-state index < -0.39 is 11.1 Å². The van der Waals surface area contributed by atoms with Crippen LogP contribution in [0.3, 0.4) is 0 Å². The molecule has 4 aromatic rings. The van der Waals surface area contributed by atoms with Crippen molar-refractivity contribution in [1.29, 1.82) is 0 Å². The van der Waals surface area contributed by atoms with E-state index in [1.54, 1.807) is 38.4 Å². The van der Waals surface area contributed by atoms with E-state index in [4.69, 9.17) is 0 Å². The first-order valence-corrected chi connectivity index (χ1v) is 13.2. The second kappa shape index (κ2) is 11.9. The van der Waals surface area contributed by atoms with Crippen LogP contribution in [0.4, 0.5) is 0 Å². The second-order valence-electron chi connectivity index (χ2n) is 9.74. The van der Waals surface area contributed by atoms with Gasteiger partial charge in [-0.3, -0.25) is 9.59 Å². The number of carbonyl (C=O) groups excluding carboxylic acids is 2. The van der Waals surface area contributed by atoms with Gasteiger partial charge >= 0.3 is 0 Å². The average Bonchev–Trinajstić information content (AvgIpc) is 3.48. The molecule has 2 aliphatic rings. The molecule has 212 valence electrons. The lowest BCUT2D eigenvalue weighted by atomic mass is 9.82. The number of amides is 2. The van der Waals surface area contributed by atoms with Crippen LogP contribution in [-0.4, -0.2) is 57.8 Å². The van der Waals surface area contributed by atoms with Gasteiger partial charge in [-0.25, -0.2) is 10.0 Å². The lowest BCUT2D eigenvalue weighted by molar-refractivity contribution is -0.136. The molecule has 2 aliphatic heterocycles. The van der Waals surface area contributed by atoms with Crippen LogP contribution >= 0.6 is 0 Å². The SMILES string of the molecule is CN1N=C(c2ccccc2)C(NO)(c2ccccc2)C1=O.CN1N=C(c2ccccc2)C(NO)(c2ccccc2)C1=O. The summed E-state index contributed by atoms with van der Waals surface area (Å²) in [6.07, 6.45) is 0. The maximum absolute atomic E-state index is 12.6. The third kappa shape index (κ3) is 4.68. The van der Waals surface area contributed by atoms with Crippen molar-refractivity contribution >= 4 is 23.2 Å². The van der Waals surface area contributed by atoms with Gasteiger partial charge in [0.05, 0.1) is 0 Å². The van der Waals surface area contributed by atoms with Crippen LogP contribution in [0.15, 0.2) is 132 Å². The predicted molar refractivity (Wildman–Crippen MR) is 158 cm³/mol. The summed E-state index contributed by atoms with van der Waals surface area (Å²) >= 11 is 0. The van der Waals surface area contributed by atoms with Crippen molar-refractivity contribution in [1.82, 2.24) is 21.0 Å². The molecule has 2 atom stereocenters. The molecule has 0 radical (unpaired) electrons. The summed E-state index contributed by atoms with van der Waals surface area (Å²) in [4.78, 5) is 25.3. The lowest BCUT2D eigenvalue weighted by Crippen LogP contribution is -2.53. The van der Waals surface area contributed by atoms with Crippen LogP contribution in [0.1, 0.15) is 22.3 Å². The molecule has 0 saturated heterocycles. The van der Waals surface area contributed by atoms with Crippen LogP contribution in [0, 0.1) is 0 Å². The van der Waals surface area contributed by atoms with Gasteiger partial charge in [-0.2, -0.15) is 21.2 Å². The zero-order valence-corrected chi connectivity index (χ0v) is 23.0. The lowest BCUT2D eigenvalue weighted by Gasteiger charge is -2.27. The van der Waals surface area contributed by atoms with E-state index in [-0.39, 0.29) is 11.8 Å². The number of hydrogen-bond donors (Lipinski definition) is 4. The molecule has 4 N–H and O–H groups in total. The zero-order chi connectivity index (χ0) is 29.7. The number of carbonyl (C=O) groups is 2. The number of hydrogen-bond acceptors (Lipinski definition) is 8. The van der Waals surface area contributed by atoms with Gasteiger partial charge in [0.2, 0.25) is 0 Å². The van der Waals surface area contributed by atoms with E-state index in [1.807, 2.05) is 97.1 Å². The molecule has 10 heteroatoms. The topological polar surface area (TPSA) is 130 Å². The third-order valence-corrected chi connectivity index (χ3v) is 7.28. The number of hydrazone groups is 2. The third-order valence-electron chi connectivity index (χ3n) is 7.28. The van der Waals surface area contributed by atoms with Crippen LogP contribution < -0.4 is 11.0 Å². The quantitative estimate of drug-likeness (QED) is 0.266. The van der Waals surface area contributed by atoms with E-state index in [0.717, 1.165) is 11.1 Å². The van der Waals surface area contributed by atoms with Gasteiger partial charge in [0, 0.05) is 25.2 Å². The Balaban J connectivity index is 0.000000168. The van der Waals surface area contributed by atoms with Crippen molar-refractivity contribution in [2.24, 2.45) is 10.2 Å². The highest BCUT2D eigenvalue weighted by Crippen LogP contribution is 2.34. The molecule has 0 fully saturated rings. The fourth-order valence-corrected chi connectivity index (χ4v) is 5.20. The van der Waals surface area contributed by atoms with E-state index in [1.165, 1.54) is 10.0 Å². The Morgan fingerprint density at radius 1 is 0.524 bits per heavy atom. The minimum absolute atomic E-state index is 0.324. The molecular weight excluding hydrogens is 532 g/mol. The largest absolute Gasteiger partial charge is 0.315 e. The van der Waals surface area contributed by atoms with Crippen LogP contribution in [-0.2, 0) is 20.7 Å². The highest BCUT2D eigenvalue weighted by Gasteiger charge is 2.53. The summed E-state index contributed by atoms with van der Waals surface area (Å²) in [6, 6.07) is 36.9. The second-order valence-corrected chi connectivity index (χ2v) is 9.74. The molecule has 0 bridgehead atoms. The molecule has 0 spiro atoms. The highest BCUT2D eigenvalue weighted by molar-refractivity contribution is 6.24. The smallest absolute Gasteiger partial charge is 0.275 e. The Morgan fingerprint density at radius 2 is 0.810 bits per heavy atom. The van der Waals surface area contributed by atoms with Crippen molar-refractivity contribution in [2.45, 2.75) is 11.1 Å². The van der Waals surface area contributed by atoms with E-state index in [9.17, 15) is 20.0 Å². The predicted octanol–water partition coefficient (Wildman–Crippen LogP) is 3.47. The number of benzene rings is 4. The fourth-order valence-electron chi connectivity index (χ4n) is 5.20. The minimum Gasteiger partial charge on any atom is -0.315 e. The van der Waals surface area contributed by atoms with Crippen molar-refractivity contribution in [3.05, 3.63) is 144 Å². The number of nitrogens with zero attached hydrogens (tertiary/aromatic N) is 4. The molecule has 2 heterocycles. The Bertz CT molecular complexity index is 1490. The van der Waals surface area contributed by atoms with Gasteiger partial charge in [0.1, 0.15) is 11.4 Å². The summed E-state index contributed by atoms with van der Waals surface area (Å²) < 4.78 is 0. The Morgan fingerprint density at radius 3 is 1.10 bits per heavy atom. The Kier molecular flexibility index (Phi) is 8.05. The summed E-state index contributed by atoms with van der Waals surface area (Å²) in [7, 11) is 3.15. The van der Waals surface area contributed by atoms with Gasteiger partial charge < -0.3 is 10.4 Å². The van der Waals surface area contributed by atoms with Crippen LogP contribution in [0.25, 0.3) is 0 Å². The monoisotopic (exact) mass is 562 g/mol. The number of nitrogens with one attached hydrogen (secondary N) is 2. The van der Waals surface area contributed by atoms with Crippen molar-refractivity contribution in [3.63, 3.8) is 0 Å². The maximum Gasteiger partial charge on any atom is 0.275 e. The first-order chi connectivity index (χ1) is 20.4. The van der Waals surface area contributed by atoms with Crippen molar-refractivity contribution < 1.29 is 20.0 Å². The number of rotatable bonds is 6. The standard InChI is InChI=1S/2C16H15N3O2/c2*1-19-15(20)16(18-21,13-10-6-3-7-11-13)14(17-19)12-8-4-2-5-9-12/h2*2-11,18,21H,1H3. The molecule has 4 aromatic carbocycles. The molecule has 2 amide bonds. The normalized spacial score (nSPS) is 21.5. The van der Waals surface area contributed by atoms with E-state index >= 15 is 0 Å². The molecular formula is C32H30N6O4. The van der Waals surface area contributed by atoms with E-state index in [0.29, 0.717) is 22.6 Å². The maximum atomic E-state index is 12.6. The summed E-state index contributed by atoms with van der Waals surface area (Å²) in [5.74, 6) is -0.648. The van der Waals surface area contributed by atoms with Gasteiger partial charge in [0.25, 0.3) is 11.8 Å². The first-order valence-electron chi connectivity index (χ1n) is 13.2. The summed E-state index contributed by atoms with van der Waals surface area (Å²) in [5.41, 5.74) is 5.44. The van der Waals surface area contributed by atoms with E-state index in [2.05, 4.69) is 21.2 Å². The van der Waals surface area contributed by atoms with Gasteiger partial charge in [-0.15, -0.1) is 0 Å². The first kappa shape index (κ1) is 28.5. The number of likely N-dealkylation sites (N-methyl/N-ethyl adjacent to an activating group) is 2. The molecule has 2 unspecified atom stereocenters. The van der Waals surface area contributed by atoms with Crippen molar-refractivity contribution in [2.75, 3.05) is 14.1 Å². The summed E-state index contributed by atoms with van der Waals surface area (Å²) in [6.45, 7) is 0. The molecule has 10 nitrogen and oxygen atoms in total. The molecule has 6 rings (SSSR count). The minimum atomic E-state index is -1.38. The molecule has 42 heavy (non-hydrogen) atoms. The van der Waals surface area contributed by atoms with Gasteiger partial charge in [-0.05, 0) is 11.1 Å². The van der Waals surface area contributed by atoms with Gasteiger partial charge in [0.15, 0.2) is 11.1 Å². The van der Waals surface area contributed by atoms with Crippen LogP contribution in [0.5, 0.6) is 0 Å². The molecule has 0 aliphatic carbocycles. The van der Waals surface area contributed by atoms with Crippen molar-refractivity contribution in [3.8, 4) is 0 Å². The Hall–Kier alpha value is -5.00. The zero-order valence-electron chi connectivity index (χ0n) is 23.0. The highest BCUT2D eigenvalue weighted by atomic mass is 16.5. The fraction of sp³-hybridized carbons (Fsp3) is 0.125. The Labute approximate surface area is 243 Å². The molecule has 0 aromatic heterocycles. The molecule has 0 saturated carbocycles.